The van der Waals surface area contributed by atoms with Crippen LogP contribution in [0.1, 0.15) is 16.7 Å². The molecule has 0 aliphatic heterocycles. The molecular formula is C27H18ClFN2O2. The molecule has 1 aromatic heterocycles. The van der Waals surface area contributed by atoms with Gasteiger partial charge in [-0.3, -0.25) is 4.99 Å². The van der Waals surface area contributed by atoms with Crippen LogP contribution in [0.4, 0.5) is 10.1 Å². The van der Waals surface area contributed by atoms with Crippen molar-refractivity contribution < 1.29 is 13.9 Å². The van der Waals surface area contributed by atoms with Crippen LogP contribution in [-0.2, 0) is 6.42 Å². The smallest absolute Gasteiger partial charge is 0.228 e. The minimum atomic E-state index is -0.424. The Bertz CT molecular complexity index is 1480. The first-order valence-corrected chi connectivity index (χ1v) is 10.7. The van der Waals surface area contributed by atoms with Crippen molar-refractivity contribution in [3.8, 4) is 17.2 Å². The van der Waals surface area contributed by atoms with E-state index >= 15 is 0 Å². The molecule has 5 aromatic rings. The molecule has 4 nitrogen and oxygen atoms in total. The number of phenolic OH excluding ortho intramolecular Hbond substituents is 1. The summed E-state index contributed by atoms with van der Waals surface area (Å²) in [6, 6.07) is 25.1. The SMILES string of the molecule is Oc1ccc(Cc2ccccc2)cc1C=Nc1ccc2oc(-c3ccc(F)cc3Cl)nc2c1. The highest BCUT2D eigenvalue weighted by Crippen LogP contribution is 2.32. The first-order chi connectivity index (χ1) is 16.0. The van der Waals surface area contributed by atoms with Gasteiger partial charge in [-0.25, -0.2) is 9.37 Å². The Hall–Kier alpha value is -3.96. The first-order valence-electron chi connectivity index (χ1n) is 10.3. The summed E-state index contributed by atoms with van der Waals surface area (Å²) < 4.78 is 19.1. The molecule has 0 unspecified atom stereocenters. The first kappa shape index (κ1) is 20.9. The van der Waals surface area contributed by atoms with Crippen molar-refractivity contribution in [3.05, 3.63) is 112 Å². The number of aromatic nitrogens is 1. The van der Waals surface area contributed by atoms with Crippen LogP contribution in [0.5, 0.6) is 5.75 Å². The van der Waals surface area contributed by atoms with E-state index in [0.717, 1.165) is 12.0 Å². The number of phenols is 1. The van der Waals surface area contributed by atoms with Gasteiger partial charge in [-0.05, 0) is 66.1 Å². The molecule has 33 heavy (non-hydrogen) atoms. The molecule has 1 heterocycles. The van der Waals surface area contributed by atoms with E-state index in [1.807, 2.05) is 30.3 Å². The van der Waals surface area contributed by atoms with Crippen molar-refractivity contribution in [3.63, 3.8) is 0 Å². The molecule has 0 amide bonds. The van der Waals surface area contributed by atoms with Crippen LogP contribution in [0.2, 0.25) is 5.02 Å². The zero-order valence-electron chi connectivity index (χ0n) is 17.4. The highest BCUT2D eigenvalue weighted by atomic mass is 35.5. The Morgan fingerprint density at radius 3 is 2.61 bits per heavy atom. The predicted molar refractivity (Wildman–Crippen MR) is 129 cm³/mol. The zero-order valence-corrected chi connectivity index (χ0v) is 18.1. The molecule has 0 saturated carbocycles. The molecule has 0 bridgehead atoms. The standard InChI is InChI=1S/C27H18ClFN2O2/c28-23-14-20(29)7-9-22(23)27-31-24-15-21(8-11-26(24)33-27)30-16-19-13-18(6-10-25(19)32)12-17-4-2-1-3-5-17/h1-11,13-16,32H,12H2. The van der Waals surface area contributed by atoms with Gasteiger partial charge in [0.1, 0.15) is 17.1 Å². The monoisotopic (exact) mass is 456 g/mol. The lowest BCUT2D eigenvalue weighted by Gasteiger charge is -2.05. The van der Waals surface area contributed by atoms with Gasteiger partial charge in [0.2, 0.25) is 5.89 Å². The zero-order chi connectivity index (χ0) is 22.8. The second-order valence-electron chi connectivity index (χ2n) is 7.61. The number of rotatable bonds is 5. The average molecular weight is 457 g/mol. The molecule has 0 fully saturated rings. The number of oxazole rings is 1. The summed E-state index contributed by atoms with van der Waals surface area (Å²) in [6.07, 6.45) is 2.39. The molecule has 5 rings (SSSR count). The summed E-state index contributed by atoms with van der Waals surface area (Å²) in [4.78, 5) is 8.98. The molecule has 1 N–H and O–H groups in total. The molecule has 0 aliphatic rings. The number of aliphatic imine (C=N–C) groups is 1. The Kier molecular flexibility index (Phi) is 5.63. The van der Waals surface area contributed by atoms with Crippen LogP contribution >= 0.6 is 11.6 Å². The van der Waals surface area contributed by atoms with Crippen LogP contribution < -0.4 is 0 Å². The third kappa shape index (κ3) is 4.64. The lowest BCUT2D eigenvalue weighted by Crippen LogP contribution is -1.91. The van der Waals surface area contributed by atoms with E-state index in [0.29, 0.717) is 33.8 Å². The van der Waals surface area contributed by atoms with Gasteiger partial charge in [-0.1, -0.05) is 48.0 Å². The minimum absolute atomic E-state index is 0.159. The minimum Gasteiger partial charge on any atom is -0.507 e. The second-order valence-corrected chi connectivity index (χ2v) is 8.02. The van der Waals surface area contributed by atoms with E-state index in [4.69, 9.17) is 16.0 Å². The number of hydrogen-bond donors (Lipinski definition) is 1. The molecule has 0 spiro atoms. The fourth-order valence-electron chi connectivity index (χ4n) is 3.57. The third-order valence-electron chi connectivity index (χ3n) is 5.23. The van der Waals surface area contributed by atoms with Gasteiger partial charge in [-0.15, -0.1) is 0 Å². The van der Waals surface area contributed by atoms with Gasteiger partial charge in [0.15, 0.2) is 5.58 Å². The molecule has 0 atom stereocenters. The van der Waals surface area contributed by atoms with E-state index in [9.17, 15) is 9.50 Å². The third-order valence-corrected chi connectivity index (χ3v) is 5.54. The number of aromatic hydroxyl groups is 1. The van der Waals surface area contributed by atoms with Crippen LogP contribution in [0.15, 0.2) is 94.3 Å². The Morgan fingerprint density at radius 2 is 1.79 bits per heavy atom. The van der Waals surface area contributed by atoms with Crippen molar-refractivity contribution >= 4 is 34.6 Å². The largest absolute Gasteiger partial charge is 0.507 e. The van der Waals surface area contributed by atoms with Crippen molar-refractivity contribution in [2.75, 3.05) is 0 Å². The lowest BCUT2D eigenvalue weighted by atomic mass is 10.0. The van der Waals surface area contributed by atoms with Crippen LogP contribution in [0.3, 0.4) is 0 Å². The molecule has 6 heteroatoms. The van der Waals surface area contributed by atoms with Gasteiger partial charge in [0.05, 0.1) is 16.3 Å². The number of hydrogen-bond acceptors (Lipinski definition) is 4. The normalized spacial score (nSPS) is 11.5. The van der Waals surface area contributed by atoms with E-state index < -0.39 is 5.82 Å². The average Bonchev–Trinajstić information content (AvgIpc) is 3.23. The topological polar surface area (TPSA) is 58.6 Å². The van der Waals surface area contributed by atoms with E-state index in [2.05, 4.69) is 22.1 Å². The van der Waals surface area contributed by atoms with Crippen LogP contribution in [-0.4, -0.2) is 16.3 Å². The predicted octanol–water partition coefficient (Wildman–Crippen LogP) is 7.33. The molecule has 0 radical (unpaired) electrons. The fraction of sp³-hybridized carbons (Fsp3) is 0.0370. The van der Waals surface area contributed by atoms with Crippen LogP contribution in [0.25, 0.3) is 22.6 Å². The van der Waals surface area contributed by atoms with E-state index in [1.54, 1.807) is 30.5 Å². The number of nitrogens with zero attached hydrogens (tertiary/aromatic N) is 2. The van der Waals surface area contributed by atoms with Gasteiger partial charge in [0, 0.05) is 11.8 Å². The maximum atomic E-state index is 13.3. The summed E-state index contributed by atoms with van der Waals surface area (Å²) in [5, 5.41) is 10.5. The van der Waals surface area contributed by atoms with Crippen molar-refractivity contribution in [2.45, 2.75) is 6.42 Å². The summed E-state index contributed by atoms with van der Waals surface area (Å²) in [7, 11) is 0. The quantitative estimate of drug-likeness (QED) is 0.281. The second kappa shape index (κ2) is 8.88. The maximum absolute atomic E-state index is 13.3. The van der Waals surface area contributed by atoms with Crippen molar-refractivity contribution in [1.29, 1.82) is 0 Å². The number of fused-ring (bicyclic) bond motifs is 1. The van der Waals surface area contributed by atoms with E-state index in [-0.39, 0.29) is 10.8 Å². The molecule has 0 aliphatic carbocycles. The van der Waals surface area contributed by atoms with Crippen molar-refractivity contribution in [1.82, 2.24) is 4.98 Å². The Morgan fingerprint density at radius 1 is 0.939 bits per heavy atom. The summed E-state index contributed by atoms with van der Waals surface area (Å²) in [5.41, 5.74) is 5.23. The lowest BCUT2D eigenvalue weighted by molar-refractivity contribution is 0.474. The van der Waals surface area contributed by atoms with E-state index in [1.165, 1.54) is 23.8 Å². The highest BCUT2D eigenvalue weighted by Gasteiger charge is 2.13. The fourth-order valence-corrected chi connectivity index (χ4v) is 3.82. The van der Waals surface area contributed by atoms with Gasteiger partial charge < -0.3 is 9.52 Å². The highest BCUT2D eigenvalue weighted by molar-refractivity contribution is 6.33. The van der Waals surface area contributed by atoms with Crippen LogP contribution in [0, 0.1) is 5.82 Å². The summed E-state index contributed by atoms with van der Waals surface area (Å²) in [6.45, 7) is 0. The molecule has 162 valence electrons. The molecular weight excluding hydrogens is 439 g/mol. The van der Waals surface area contributed by atoms with Crippen molar-refractivity contribution in [2.24, 2.45) is 4.99 Å². The van der Waals surface area contributed by atoms with Gasteiger partial charge in [0.25, 0.3) is 0 Å². The summed E-state index contributed by atoms with van der Waals surface area (Å²) in [5.74, 6) is 0.0428. The maximum Gasteiger partial charge on any atom is 0.228 e. The summed E-state index contributed by atoms with van der Waals surface area (Å²) >= 11 is 6.13. The van der Waals surface area contributed by atoms with Gasteiger partial charge >= 0.3 is 0 Å². The number of halogens is 2. The number of benzene rings is 4. The Balaban J connectivity index is 1.41. The molecule has 0 saturated heterocycles. The molecule has 4 aromatic carbocycles. The van der Waals surface area contributed by atoms with Gasteiger partial charge in [-0.2, -0.15) is 0 Å². The Labute approximate surface area is 194 Å².